The summed E-state index contributed by atoms with van der Waals surface area (Å²) in [5, 5.41) is 8.11. The summed E-state index contributed by atoms with van der Waals surface area (Å²) in [4.78, 5) is 26.2. The molecule has 0 radical (unpaired) electrons. The Bertz CT molecular complexity index is 1410. The Morgan fingerprint density at radius 3 is 2.18 bits per heavy atom. The maximum atomic E-state index is 13.1. The second-order valence-electron chi connectivity index (χ2n) is 8.91. The number of aryl methyl sites for hydroxylation is 1. The molecule has 0 amide bonds. The van der Waals surface area contributed by atoms with Crippen LogP contribution in [0.3, 0.4) is 0 Å². The Hall–Kier alpha value is -4.59. The Kier molecular flexibility index (Phi) is 7.81. The highest BCUT2D eigenvalue weighted by atomic mass is 16.5. The van der Waals surface area contributed by atoms with E-state index in [4.69, 9.17) is 19.3 Å². The maximum Gasteiger partial charge on any atom is 0.336 e. The van der Waals surface area contributed by atoms with E-state index in [9.17, 15) is 9.59 Å². The molecule has 4 rings (SSSR count). The Morgan fingerprint density at radius 2 is 1.63 bits per heavy atom. The van der Waals surface area contributed by atoms with Gasteiger partial charge in [0.15, 0.2) is 0 Å². The van der Waals surface area contributed by atoms with Crippen LogP contribution < -0.4 is 10.1 Å². The van der Waals surface area contributed by atoms with Gasteiger partial charge in [-0.1, -0.05) is 30.9 Å². The van der Waals surface area contributed by atoms with E-state index in [1.807, 2.05) is 61.7 Å². The largest absolute Gasteiger partial charge is 0.490 e. The van der Waals surface area contributed by atoms with E-state index < -0.39 is 17.9 Å². The Morgan fingerprint density at radius 1 is 1.00 bits per heavy atom. The highest BCUT2D eigenvalue weighted by molar-refractivity contribution is 6.00. The fourth-order valence-corrected chi connectivity index (χ4v) is 4.73. The zero-order valence-electron chi connectivity index (χ0n) is 22.2. The van der Waals surface area contributed by atoms with Crippen molar-refractivity contribution in [2.24, 2.45) is 0 Å². The van der Waals surface area contributed by atoms with Gasteiger partial charge in [-0.05, 0) is 56.7 Å². The van der Waals surface area contributed by atoms with Crippen LogP contribution in [0.2, 0.25) is 0 Å². The van der Waals surface area contributed by atoms with Crippen LogP contribution in [0.5, 0.6) is 5.75 Å². The molecule has 8 heteroatoms. The highest BCUT2D eigenvalue weighted by Gasteiger charge is 2.40. The molecule has 1 aromatic heterocycles. The molecule has 0 unspecified atom stereocenters. The molecule has 3 aromatic rings. The monoisotopic (exact) mass is 513 g/mol. The molecule has 0 fully saturated rings. The van der Waals surface area contributed by atoms with Gasteiger partial charge in [0.2, 0.25) is 0 Å². The standard InChI is InChI=1S/C30H31N3O5/c1-7-15-38-22-13-14-23(18(2)16-22)28-24(17-33(32-28)21-11-9-8-10-12-21)27-25(29(34)36-5)19(3)31-20(4)26(27)30(35)37-6/h7-14,16-17,27,31H,1,15H2,2-6H3. The number of esters is 2. The van der Waals surface area contributed by atoms with Crippen molar-refractivity contribution in [2.75, 3.05) is 20.8 Å². The minimum atomic E-state index is -0.778. The molecule has 0 atom stereocenters. The van der Waals surface area contributed by atoms with Gasteiger partial charge in [0.05, 0.1) is 42.7 Å². The van der Waals surface area contributed by atoms with E-state index in [0.29, 0.717) is 46.2 Å². The quantitative estimate of drug-likeness (QED) is 0.335. The number of hydrogen-bond acceptors (Lipinski definition) is 7. The third-order valence-electron chi connectivity index (χ3n) is 6.47. The van der Waals surface area contributed by atoms with Crippen LogP contribution in [-0.4, -0.2) is 42.5 Å². The van der Waals surface area contributed by atoms with Crippen LogP contribution in [0.15, 0.2) is 89.9 Å². The number of hydrogen-bond donors (Lipinski definition) is 1. The van der Waals surface area contributed by atoms with Crippen LogP contribution in [0.4, 0.5) is 0 Å². The molecule has 196 valence electrons. The van der Waals surface area contributed by atoms with Crippen LogP contribution in [0.1, 0.15) is 30.9 Å². The first-order valence-electron chi connectivity index (χ1n) is 12.2. The van der Waals surface area contributed by atoms with Gasteiger partial charge in [-0.3, -0.25) is 0 Å². The predicted octanol–water partition coefficient (Wildman–Crippen LogP) is 4.99. The third-order valence-corrected chi connectivity index (χ3v) is 6.47. The summed E-state index contributed by atoms with van der Waals surface area (Å²) in [6.45, 7) is 9.63. The number of nitrogens with zero attached hydrogens (tertiary/aromatic N) is 2. The van der Waals surface area contributed by atoms with E-state index in [1.165, 1.54) is 14.2 Å². The lowest BCUT2D eigenvalue weighted by Crippen LogP contribution is -2.32. The lowest BCUT2D eigenvalue weighted by atomic mass is 9.79. The zero-order valence-corrected chi connectivity index (χ0v) is 22.2. The minimum Gasteiger partial charge on any atom is -0.490 e. The summed E-state index contributed by atoms with van der Waals surface area (Å²) in [7, 11) is 2.65. The molecule has 0 saturated heterocycles. The number of aromatic nitrogens is 2. The fraction of sp³-hybridized carbons (Fsp3) is 0.233. The van der Waals surface area contributed by atoms with Crippen molar-refractivity contribution in [2.45, 2.75) is 26.7 Å². The van der Waals surface area contributed by atoms with Crippen molar-refractivity contribution >= 4 is 11.9 Å². The van der Waals surface area contributed by atoms with Gasteiger partial charge < -0.3 is 19.5 Å². The number of carbonyl (C=O) groups excluding carboxylic acids is 2. The number of dihydropyridines is 1. The predicted molar refractivity (Wildman–Crippen MR) is 145 cm³/mol. The summed E-state index contributed by atoms with van der Waals surface area (Å²) in [6, 6.07) is 15.4. The minimum absolute atomic E-state index is 0.316. The maximum absolute atomic E-state index is 13.1. The molecular formula is C30H31N3O5. The Labute approximate surface area is 222 Å². The topological polar surface area (TPSA) is 91.7 Å². The summed E-state index contributed by atoms with van der Waals surface area (Å²) >= 11 is 0. The van der Waals surface area contributed by atoms with Crippen LogP contribution in [0.25, 0.3) is 16.9 Å². The third kappa shape index (κ3) is 4.98. The molecule has 0 bridgehead atoms. The molecule has 0 aliphatic carbocycles. The van der Waals surface area contributed by atoms with E-state index in [1.54, 1.807) is 24.6 Å². The summed E-state index contributed by atoms with van der Waals surface area (Å²) in [5.74, 6) is -1.16. The van der Waals surface area contributed by atoms with E-state index in [0.717, 1.165) is 16.8 Å². The molecule has 1 N–H and O–H groups in total. The van der Waals surface area contributed by atoms with Gasteiger partial charge in [-0.15, -0.1) is 0 Å². The van der Waals surface area contributed by atoms with Crippen LogP contribution in [-0.2, 0) is 19.1 Å². The van der Waals surface area contributed by atoms with Gasteiger partial charge >= 0.3 is 11.9 Å². The van der Waals surface area contributed by atoms with Gasteiger partial charge in [0.25, 0.3) is 0 Å². The van der Waals surface area contributed by atoms with Crippen molar-refractivity contribution in [1.82, 2.24) is 15.1 Å². The number of methoxy groups -OCH3 is 2. The van der Waals surface area contributed by atoms with Crippen molar-refractivity contribution < 1.29 is 23.8 Å². The van der Waals surface area contributed by atoms with Crippen LogP contribution in [0, 0.1) is 6.92 Å². The Balaban J connectivity index is 2.00. The molecule has 38 heavy (non-hydrogen) atoms. The summed E-state index contributed by atoms with van der Waals surface area (Å²) in [6.07, 6.45) is 3.54. The number of rotatable bonds is 8. The smallest absolute Gasteiger partial charge is 0.336 e. The lowest BCUT2D eigenvalue weighted by molar-refractivity contribution is -0.137. The van der Waals surface area contributed by atoms with E-state index in [-0.39, 0.29) is 0 Å². The van der Waals surface area contributed by atoms with Gasteiger partial charge in [-0.2, -0.15) is 5.10 Å². The molecule has 2 heterocycles. The summed E-state index contributed by atoms with van der Waals surface area (Å²) < 4.78 is 17.8. The number of carbonyl (C=O) groups is 2. The van der Waals surface area contributed by atoms with E-state index in [2.05, 4.69) is 11.9 Å². The molecule has 1 aliphatic heterocycles. The van der Waals surface area contributed by atoms with Gasteiger partial charge in [0.1, 0.15) is 12.4 Å². The second kappa shape index (κ2) is 11.2. The number of nitrogens with one attached hydrogen (secondary N) is 1. The van der Waals surface area contributed by atoms with Crippen molar-refractivity contribution in [3.05, 3.63) is 101 Å². The zero-order chi connectivity index (χ0) is 27.4. The number of para-hydroxylation sites is 1. The first-order chi connectivity index (χ1) is 18.3. The summed E-state index contributed by atoms with van der Waals surface area (Å²) in [5.41, 5.74) is 5.69. The van der Waals surface area contributed by atoms with Crippen molar-refractivity contribution in [3.8, 4) is 22.7 Å². The van der Waals surface area contributed by atoms with Gasteiger partial charge in [0, 0.05) is 28.7 Å². The van der Waals surface area contributed by atoms with Crippen molar-refractivity contribution in [1.29, 1.82) is 0 Å². The fourth-order valence-electron chi connectivity index (χ4n) is 4.73. The normalized spacial score (nSPS) is 13.7. The molecule has 8 nitrogen and oxygen atoms in total. The SMILES string of the molecule is C=CCOc1ccc(-c2nn(-c3ccccc3)cc2C2C(C(=O)OC)=C(C)NC(C)=C2C(=O)OC)c(C)c1. The first-order valence-corrected chi connectivity index (χ1v) is 12.2. The molecule has 1 aliphatic rings. The van der Waals surface area contributed by atoms with Gasteiger partial charge in [-0.25, -0.2) is 14.3 Å². The average Bonchev–Trinajstić information content (AvgIpc) is 3.36. The molecular weight excluding hydrogens is 482 g/mol. The lowest BCUT2D eigenvalue weighted by Gasteiger charge is -2.29. The second-order valence-corrected chi connectivity index (χ2v) is 8.91. The molecule has 2 aromatic carbocycles. The van der Waals surface area contributed by atoms with Crippen LogP contribution >= 0.6 is 0 Å². The number of ether oxygens (including phenoxy) is 3. The number of allylic oxidation sites excluding steroid dienone is 2. The van der Waals surface area contributed by atoms with E-state index >= 15 is 0 Å². The average molecular weight is 514 g/mol. The molecule has 0 saturated carbocycles. The highest BCUT2D eigenvalue weighted by Crippen LogP contribution is 2.43. The number of benzene rings is 2. The first kappa shape index (κ1) is 26.5. The molecule has 0 spiro atoms. The van der Waals surface area contributed by atoms with Crippen molar-refractivity contribution in [3.63, 3.8) is 0 Å².